The predicted molar refractivity (Wildman–Crippen MR) is 50.7 cm³/mol. The van der Waals surface area contributed by atoms with Crippen LogP contribution in [0.25, 0.3) is 0 Å². The van der Waals surface area contributed by atoms with Gasteiger partial charge in [0.1, 0.15) is 0 Å². The molecule has 0 aliphatic carbocycles. The summed E-state index contributed by atoms with van der Waals surface area (Å²) in [4.78, 5) is 12.5. The van der Waals surface area contributed by atoms with Gasteiger partial charge in [-0.1, -0.05) is 12.2 Å². The number of hydrogen-bond acceptors (Lipinski definition) is 3. The minimum atomic E-state index is -0.301. The van der Waals surface area contributed by atoms with E-state index >= 15 is 0 Å². The standard InChI is InChI=1S/C9H17NO3/c1-4-13-9(11)10(2)7-5-6-8-12-3/h5-6H,4,7-8H2,1-3H3. The van der Waals surface area contributed by atoms with E-state index in [-0.39, 0.29) is 6.09 Å². The summed E-state index contributed by atoms with van der Waals surface area (Å²) in [6.07, 6.45) is 3.42. The summed E-state index contributed by atoms with van der Waals surface area (Å²) in [6.45, 7) is 3.30. The minimum absolute atomic E-state index is 0.301. The van der Waals surface area contributed by atoms with Gasteiger partial charge < -0.3 is 14.4 Å². The maximum Gasteiger partial charge on any atom is 0.409 e. The van der Waals surface area contributed by atoms with Crippen molar-refractivity contribution < 1.29 is 14.3 Å². The lowest BCUT2D eigenvalue weighted by Gasteiger charge is -2.13. The van der Waals surface area contributed by atoms with E-state index in [2.05, 4.69) is 0 Å². The molecule has 76 valence electrons. The second-order valence-electron chi connectivity index (χ2n) is 2.51. The lowest BCUT2D eigenvalue weighted by molar-refractivity contribution is 0.119. The van der Waals surface area contributed by atoms with Crippen LogP contribution in [0.5, 0.6) is 0 Å². The van der Waals surface area contributed by atoms with E-state index in [9.17, 15) is 4.79 Å². The van der Waals surface area contributed by atoms with Gasteiger partial charge in [-0.3, -0.25) is 0 Å². The van der Waals surface area contributed by atoms with Crippen molar-refractivity contribution in [2.75, 3.05) is 33.9 Å². The van der Waals surface area contributed by atoms with Gasteiger partial charge in [-0.2, -0.15) is 0 Å². The Bertz CT molecular complexity index is 168. The lowest BCUT2D eigenvalue weighted by atomic mass is 10.5. The largest absolute Gasteiger partial charge is 0.450 e. The van der Waals surface area contributed by atoms with Gasteiger partial charge >= 0.3 is 6.09 Å². The molecule has 4 heteroatoms. The molecule has 0 saturated carbocycles. The maximum absolute atomic E-state index is 11.0. The van der Waals surface area contributed by atoms with Crippen molar-refractivity contribution in [1.82, 2.24) is 4.90 Å². The molecule has 0 heterocycles. The van der Waals surface area contributed by atoms with E-state index in [0.717, 1.165) is 0 Å². The fourth-order valence-corrected chi connectivity index (χ4v) is 0.705. The molecule has 0 atom stereocenters. The van der Waals surface area contributed by atoms with Crippen LogP contribution in [0.3, 0.4) is 0 Å². The van der Waals surface area contributed by atoms with Crippen LogP contribution in [0.15, 0.2) is 12.2 Å². The Morgan fingerprint density at radius 3 is 2.69 bits per heavy atom. The molecule has 0 aromatic carbocycles. The number of amides is 1. The van der Waals surface area contributed by atoms with Crippen molar-refractivity contribution in [3.63, 3.8) is 0 Å². The SMILES string of the molecule is CCOC(=O)N(C)CC=CCOC. The molecule has 0 aliphatic heterocycles. The molecular weight excluding hydrogens is 170 g/mol. The van der Waals surface area contributed by atoms with Crippen molar-refractivity contribution in [3.8, 4) is 0 Å². The quantitative estimate of drug-likeness (QED) is 0.608. The van der Waals surface area contributed by atoms with Crippen LogP contribution in [0.1, 0.15) is 6.92 Å². The Labute approximate surface area is 79.1 Å². The van der Waals surface area contributed by atoms with E-state index in [4.69, 9.17) is 9.47 Å². The van der Waals surface area contributed by atoms with Crippen LogP contribution in [0, 0.1) is 0 Å². The number of carbonyl (C=O) groups excluding carboxylic acids is 1. The molecule has 0 fully saturated rings. The Hall–Kier alpha value is -1.03. The molecule has 0 aliphatic rings. The third-order valence-corrected chi connectivity index (χ3v) is 1.39. The Morgan fingerprint density at radius 1 is 1.46 bits per heavy atom. The highest BCUT2D eigenvalue weighted by molar-refractivity contribution is 5.67. The number of nitrogens with zero attached hydrogens (tertiary/aromatic N) is 1. The summed E-state index contributed by atoms with van der Waals surface area (Å²) in [5.74, 6) is 0. The molecule has 0 aromatic rings. The predicted octanol–water partition coefficient (Wildman–Crippen LogP) is 1.28. The van der Waals surface area contributed by atoms with E-state index in [1.165, 1.54) is 4.90 Å². The van der Waals surface area contributed by atoms with Crippen molar-refractivity contribution in [1.29, 1.82) is 0 Å². The molecular formula is C9H17NO3. The molecule has 0 unspecified atom stereocenters. The van der Waals surface area contributed by atoms with Crippen molar-refractivity contribution in [3.05, 3.63) is 12.2 Å². The van der Waals surface area contributed by atoms with Crippen LogP contribution >= 0.6 is 0 Å². The average Bonchev–Trinajstić information content (AvgIpc) is 2.12. The Balaban J connectivity index is 3.60. The third kappa shape index (κ3) is 6.16. The summed E-state index contributed by atoms with van der Waals surface area (Å²) in [7, 11) is 3.31. The van der Waals surface area contributed by atoms with Crippen LogP contribution in [-0.4, -0.2) is 44.9 Å². The molecule has 4 nitrogen and oxygen atoms in total. The number of likely N-dealkylation sites (N-methyl/N-ethyl adjacent to an activating group) is 1. The van der Waals surface area contributed by atoms with Crippen LogP contribution in [0.2, 0.25) is 0 Å². The first-order chi connectivity index (χ1) is 6.22. The molecule has 0 rings (SSSR count). The van der Waals surface area contributed by atoms with Crippen molar-refractivity contribution >= 4 is 6.09 Å². The summed E-state index contributed by atoms with van der Waals surface area (Å²) in [5, 5.41) is 0. The number of hydrogen-bond donors (Lipinski definition) is 0. The first-order valence-corrected chi connectivity index (χ1v) is 4.24. The van der Waals surface area contributed by atoms with E-state index in [1.807, 2.05) is 12.2 Å². The molecule has 0 saturated heterocycles. The Kier molecular flexibility index (Phi) is 7.01. The Morgan fingerprint density at radius 2 is 2.15 bits per heavy atom. The summed E-state index contributed by atoms with van der Waals surface area (Å²) in [5.41, 5.74) is 0. The van der Waals surface area contributed by atoms with Gasteiger partial charge in [0, 0.05) is 20.7 Å². The summed E-state index contributed by atoms with van der Waals surface area (Å²) >= 11 is 0. The first kappa shape index (κ1) is 12.0. The monoisotopic (exact) mass is 187 g/mol. The fraction of sp³-hybridized carbons (Fsp3) is 0.667. The first-order valence-electron chi connectivity index (χ1n) is 4.24. The van der Waals surface area contributed by atoms with Crippen molar-refractivity contribution in [2.45, 2.75) is 6.92 Å². The molecule has 0 N–H and O–H groups in total. The maximum atomic E-state index is 11.0. The average molecular weight is 187 g/mol. The highest BCUT2D eigenvalue weighted by Crippen LogP contribution is 1.90. The normalized spacial score (nSPS) is 10.4. The highest BCUT2D eigenvalue weighted by Gasteiger charge is 2.05. The van der Waals surface area contributed by atoms with Gasteiger partial charge in [-0.05, 0) is 6.92 Å². The van der Waals surface area contributed by atoms with E-state index in [1.54, 1.807) is 21.1 Å². The topological polar surface area (TPSA) is 38.8 Å². The third-order valence-electron chi connectivity index (χ3n) is 1.39. The number of ether oxygens (including phenoxy) is 2. The zero-order chi connectivity index (χ0) is 10.1. The molecule has 1 amide bonds. The number of carbonyl (C=O) groups is 1. The summed E-state index contributed by atoms with van der Waals surface area (Å²) in [6, 6.07) is 0. The van der Waals surface area contributed by atoms with Gasteiger partial charge in [0.25, 0.3) is 0 Å². The summed E-state index contributed by atoms with van der Waals surface area (Å²) < 4.78 is 9.59. The van der Waals surface area contributed by atoms with E-state index < -0.39 is 0 Å². The number of methoxy groups -OCH3 is 1. The van der Waals surface area contributed by atoms with Crippen LogP contribution in [-0.2, 0) is 9.47 Å². The van der Waals surface area contributed by atoms with E-state index in [0.29, 0.717) is 19.8 Å². The van der Waals surface area contributed by atoms with Crippen LogP contribution < -0.4 is 0 Å². The molecule has 0 bridgehead atoms. The lowest BCUT2D eigenvalue weighted by Crippen LogP contribution is -2.27. The smallest absolute Gasteiger partial charge is 0.409 e. The number of rotatable bonds is 5. The van der Waals surface area contributed by atoms with Gasteiger partial charge in [0.05, 0.1) is 13.2 Å². The zero-order valence-electron chi connectivity index (χ0n) is 8.45. The van der Waals surface area contributed by atoms with Crippen LogP contribution in [0.4, 0.5) is 4.79 Å². The molecule has 0 radical (unpaired) electrons. The zero-order valence-corrected chi connectivity index (χ0v) is 8.45. The molecule has 13 heavy (non-hydrogen) atoms. The molecule has 0 spiro atoms. The minimum Gasteiger partial charge on any atom is -0.450 e. The highest BCUT2D eigenvalue weighted by atomic mass is 16.5. The van der Waals surface area contributed by atoms with Gasteiger partial charge in [-0.15, -0.1) is 0 Å². The van der Waals surface area contributed by atoms with Gasteiger partial charge in [0.15, 0.2) is 0 Å². The second-order valence-corrected chi connectivity index (χ2v) is 2.51. The fourth-order valence-electron chi connectivity index (χ4n) is 0.705. The van der Waals surface area contributed by atoms with Gasteiger partial charge in [-0.25, -0.2) is 4.79 Å². The molecule has 0 aromatic heterocycles. The van der Waals surface area contributed by atoms with Crippen molar-refractivity contribution in [2.24, 2.45) is 0 Å². The van der Waals surface area contributed by atoms with Gasteiger partial charge in [0.2, 0.25) is 0 Å². The second kappa shape index (κ2) is 7.61.